The van der Waals surface area contributed by atoms with Crippen molar-refractivity contribution in [2.24, 2.45) is 0 Å². The lowest BCUT2D eigenvalue weighted by Gasteiger charge is -2.13. The van der Waals surface area contributed by atoms with Crippen LogP contribution in [0.5, 0.6) is 0 Å². The fraction of sp³-hybridized carbons (Fsp3) is 0.167. The number of imide groups is 1. The molecule has 0 unspecified atom stereocenters. The van der Waals surface area contributed by atoms with Crippen LogP contribution in [0, 0.1) is 5.82 Å². The van der Waals surface area contributed by atoms with E-state index in [0.29, 0.717) is 16.5 Å². The van der Waals surface area contributed by atoms with Crippen LogP contribution in [0.2, 0.25) is 0 Å². The molecule has 2 heterocycles. The van der Waals surface area contributed by atoms with Gasteiger partial charge in [0.1, 0.15) is 12.4 Å². The number of carbonyl (C=O) groups is 4. The van der Waals surface area contributed by atoms with E-state index < -0.39 is 22.9 Å². The smallest absolute Gasteiger partial charge is 0.340 e. The van der Waals surface area contributed by atoms with Crippen molar-refractivity contribution in [1.29, 1.82) is 0 Å². The maximum atomic E-state index is 13.9. The summed E-state index contributed by atoms with van der Waals surface area (Å²) >= 11 is 0.727. The first-order chi connectivity index (χ1) is 16.4. The Morgan fingerprint density at radius 1 is 1.12 bits per heavy atom. The summed E-state index contributed by atoms with van der Waals surface area (Å²) in [6.45, 7) is -0.0373. The van der Waals surface area contributed by atoms with Gasteiger partial charge < -0.3 is 14.6 Å². The van der Waals surface area contributed by atoms with Crippen molar-refractivity contribution in [3.63, 3.8) is 0 Å². The van der Waals surface area contributed by atoms with Gasteiger partial charge in [0.2, 0.25) is 5.91 Å². The van der Waals surface area contributed by atoms with Crippen molar-refractivity contribution in [2.75, 3.05) is 20.2 Å². The van der Waals surface area contributed by atoms with Crippen molar-refractivity contribution in [3.8, 4) is 0 Å². The topological polar surface area (TPSA) is 97.7 Å². The van der Waals surface area contributed by atoms with E-state index in [-0.39, 0.29) is 36.0 Å². The molecule has 0 saturated carbocycles. The largest absolute Gasteiger partial charge is 0.465 e. The van der Waals surface area contributed by atoms with Crippen LogP contribution in [0.3, 0.4) is 0 Å². The number of nitrogens with zero attached hydrogens (tertiary/aromatic N) is 2. The minimum absolute atomic E-state index is 0.0230. The number of carbonyl (C=O) groups excluding carboxylic acids is 4. The average molecular weight is 482 g/mol. The highest BCUT2D eigenvalue weighted by Gasteiger charge is 2.34. The number of para-hydroxylation sites is 1. The van der Waals surface area contributed by atoms with Gasteiger partial charge in [-0.3, -0.25) is 19.3 Å². The number of hydrogen-bond acceptors (Lipinski definition) is 6. The number of halogens is 1. The second-order valence-corrected chi connectivity index (χ2v) is 8.38. The van der Waals surface area contributed by atoms with E-state index in [1.54, 1.807) is 41.1 Å². The number of methoxy groups -OCH3 is 1. The molecule has 174 valence electrons. The van der Waals surface area contributed by atoms with Crippen molar-refractivity contribution in [2.45, 2.75) is 6.54 Å². The van der Waals surface area contributed by atoms with Gasteiger partial charge >= 0.3 is 5.97 Å². The van der Waals surface area contributed by atoms with E-state index in [1.807, 2.05) is 0 Å². The molecule has 0 bridgehead atoms. The zero-order chi connectivity index (χ0) is 24.2. The third-order valence-electron chi connectivity index (χ3n) is 5.23. The summed E-state index contributed by atoms with van der Waals surface area (Å²) in [4.78, 5) is 50.5. The molecule has 4 rings (SSSR count). The predicted molar refractivity (Wildman–Crippen MR) is 125 cm³/mol. The molecule has 2 aromatic carbocycles. The third-order valence-corrected chi connectivity index (χ3v) is 6.14. The molecule has 1 N–H and O–H groups in total. The molecule has 1 saturated heterocycles. The fourth-order valence-corrected chi connectivity index (χ4v) is 4.45. The SMILES string of the molecule is COC(=O)c1cn(CC(=O)NCCN2C(=O)S/C(=C\c3ccccc3F)C2=O)c2ccccc12. The second-order valence-electron chi connectivity index (χ2n) is 7.38. The Bertz CT molecular complexity index is 1330. The molecule has 1 aliphatic heterocycles. The lowest BCUT2D eigenvalue weighted by molar-refractivity contribution is -0.124. The Morgan fingerprint density at radius 3 is 2.62 bits per heavy atom. The van der Waals surface area contributed by atoms with E-state index >= 15 is 0 Å². The maximum Gasteiger partial charge on any atom is 0.340 e. The Labute approximate surface area is 198 Å². The number of fused-ring (bicyclic) bond motifs is 1. The first-order valence-corrected chi connectivity index (χ1v) is 11.1. The Kier molecular flexibility index (Phi) is 6.78. The summed E-state index contributed by atoms with van der Waals surface area (Å²) in [5.74, 6) is -1.88. The number of ether oxygens (including phenoxy) is 1. The van der Waals surface area contributed by atoms with E-state index in [2.05, 4.69) is 5.32 Å². The number of nitrogens with one attached hydrogen (secondary N) is 1. The minimum Gasteiger partial charge on any atom is -0.465 e. The number of aromatic nitrogens is 1. The molecule has 1 fully saturated rings. The quantitative estimate of drug-likeness (QED) is 0.410. The number of esters is 1. The number of thioether (sulfide) groups is 1. The van der Waals surface area contributed by atoms with Crippen molar-refractivity contribution < 1.29 is 28.3 Å². The van der Waals surface area contributed by atoms with Gasteiger partial charge in [0.05, 0.1) is 17.6 Å². The van der Waals surface area contributed by atoms with Gasteiger partial charge in [-0.1, -0.05) is 36.4 Å². The molecule has 1 aromatic heterocycles. The van der Waals surface area contributed by atoms with Gasteiger partial charge in [-0.05, 0) is 30.0 Å². The third kappa shape index (κ3) is 4.72. The van der Waals surface area contributed by atoms with E-state index in [4.69, 9.17) is 4.74 Å². The zero-order valence-electron chi connectivity index (χ0n) is 18.1. The Hall–Kier alpha value is -3.92. The monoisotopic (exact) mass is 481 g/mol. The second kappa shape index (κ2) is 9.92. The van der Waals surface area contributed by atoms with Gasteiger partial charge in [0.25, 0.3) is 11.1 Å². The highest BCUT2D eigenvalue weighted by Crippen LogP contribution is 2.32. The standard InChI is InChI=1S/C24H20FN3O5S/c1-33-23(31)17-13-27(19-9-5-3-7-16(17)19)14-21(29)26-10-11-28-22(30)20(34-24(28)32)12-15-6-2-4-8-18(15)25/h2-9,12-13H,10-11,14H2,1H3,(H,26,29)/b20-12-. The number of benzene rings is 2. The number of hydrogen-bond donors (Lipinski definition) is 1. The van der Waals surface area contributed by atoms with Crippen LogP contribution < -0.4 is 5.32 Å². The molecule has 0 spiro atoms. The van der Waals surface area contributed by atoms with Crippen LogP contribution in [0.4, 0.5) is 9.18 Å². The number of rotatable bonds is 7. The summed E-state index contributed by atoms with van der Waals surface area (Å²) in [7, 11) is 1.29. The van der Waals surface area contributed by atoms with Crippen molar-refractivity contribution >= 4 is 51.8 Å². The van der Waals surface area contributed by atoms with Crippen LogP contribution in [0.1, 0.15) is 15.9 Å². The summed E-state index contributed by atoms with van der Waals surface area (Å²) in [6, 6.07) is 13.1. The van der Waals surface area contributed by atoms with Crippen molar-refractivity contribution in [3.05, 3.63) is 76.6 Å². The molecular weight excluding hydrogens is 461 g/mol. The molecule has 10 heteroatoms. The lowest BCUT2D eigenvalue weighted by Crippen LogP contribution is -2.38. The summed E-state index contributed by atoms with van der Waals surface area (Å²) in [5, 5.41) is 2.86. The van der Waals surface area contributed by atoms with Crippen LogP contribution in [-0.2, 0) is 20.9 Å². The fourth-order valence-electron chi connectivity index (χ4n) is 3.59. The van der Waals surface area contributed by atoms with Gasteiger partial charge in [0, 0.05) is 35.8 Å². The molecule has 3 amide bonds. The van der Waals surface area contributed by atoms with Gasteiger partial charge in [0.15, 0.2) is 0 Å². The Balaban J connectivity index is 1.37. The summed E-state index contributed by atoms with van der Waals surface area (Å²) in [5.41, 5.74) is 1.26. The molecule has 1 aliphatic rings. The average Bonchev–Trinajstić information content (AvgIpc) is 3.32. The maximum absolute atomic E-state index is 13.9. The molecule has 0 radical (unpaired) electrons. The predicted octanol–water partition coefficient (Wildman–Crippen LogP) is 3.42. The highest BCUT2D eigenvalue weighted by atomic mass is 32.2. The summed E-state index contributed by atoms with van der Waals surface area (Å²) < 4.78 is 20.3. The van der Waals surface area contributed by atoms with Gasteiger partial charge in [-0.2, -0.15) is 0 Å². The molecule has 34 heavy (non-hydrogen) atoms. The van der Waals surface area contributed by atoms with E-state index in [9.17, 15) is 23.6 Å². The number of amides is 3. The normalized spacial score (nSPS) is 14.8. The molecule has 8 nitrogen and oxygen atoms in total. The van der Waals surface area contributed by atoms with Crippen LogP contribution in [0.25, 0.3) is 17.0 Å². The van der Waals surface area contributed by atoms with Crippen LogP contribution in [0.15, 0.2) is 59.6 Å². The highest BCUT2D eigenvalue weighted by molar-refractivity contribution is 8.18. The Morgan fingerprint density at radius 2 is 1.85 bits per heavy atom. The zero-order valence-corrected chi connectivity index (χ0v) is 18.9. The minimum atomic E-state index is -0.536. The van der Waals surface area contributed by atoms with Crippen LogP contribution >= 0.6 is 11.8 Å². The molecule has 3 aromatic rings. The summed E-state index contributed by atoms with van der Waals surface area (Å²) in [6.07, 6.45) is 2.90. The van der Waals surface area contributed by atoms with Gasteiger partial charge in [-0.15, -0.1) is 0 Å². The van der Waals surface area contributed by atoms with Crippen LogP contribution in [-0.4, -0.2) is 52.7 Å². The van der Waals surface area contributed by atoms with Crippen molar-refractivity contribution in [1.82, 2.24) is 14.8 Å². The molecular formula is C24H20FN3O5S. The van der Waals surface area contributed by atoms with E-state index in [0.717, 1.165) is 16.7 Å². The first-order valence-electron chi connectivity index (χ1n) is 10.3. The molecule has 0 atom stereocenters. The van der Waals surface area contributed by atoms with Gasteiger partial charge in [-0.25, -0.2) is 9.18 Å². The first kappa shape index (κ1) is 23.2. The van der Waals surface area contributed by atoms with E-state index in [1.165, 1.54) is 31.4 Å². The molecule has 0 aliphatic carbocycles. The lowest BCUT2D eigenvalue weighted by atomic mass is 10.2.